The summed E-state index contributed by atoms with van der Waals surface area (Å²) >= 11 is 0. The highest BCUT2D eigenvalue weighted by molar-refractivity contribution is 5.79. The Bertz CT molecular complexity index is 1000. The van der Waals surface area contributed by atoms with Crippen molar-refractivity contribution in [1.29, 1.82) is 0 Å². The summed E-state index contributed by atoms with van der Waals surface area (Å²) in [6.45, 7) is 1.87. The molecule has 0 saturated carbocycles. The largest absolute Gasteiger partial charge is 0.493 e. The SMILES string of the molecule is CN=C(NCc1ccccc1Cn1cccn1)NCc1ccc(OC)c(OC)c1OC. The van der Waals surface area contributed by atoms with Crippen molar-refractivity contribution in [2.45, 2.75) is 19.6 Å². The van der Waals surface area contributed by atoms with E-state index in [0.717, 1.165) is 12.1 Å². The summed E-state index contributed by atoms with van der Waals surface area (Å²) in [6, 6.07) is 14.0. The van der Waals surface area contributed by atoms with Crippen LogP contribution < -0.4 is 24.8 Å². The number of aliphatic imine (C=N–C) groups is 1. The molecule has 0 spiro atoms. The van der Waals surface area contributed by atoms with Gasteiger partial charge >= 0.3 is 0 Å². The van der Waals surface area contributed by atoms with Gasteiger partial charge in [-0.05, 0) is 29.3 Å². The van der Waals surface area contributed by atoms with Gasteiger partial charge in [-0.1, -0.05) is 24.3 Å². The third-order valence-electron chi connectivity index (χ3n) is 4.91. The Kier molecular flexibility index (Phi) is 7.75. The Morgan fingerprint density at radius 1 is 0.871 bits per heavy atom. The van der Waals surface area contributed by atoms with Crippen LogP contribution in [0.15, 0.2) is 59.9 Å². The van der Waals surface area contributed by atoms with Crippen LogP contribution >= 0.6 is 0 Å². The highest BCUT2D eigenvalue weighted by Crippen LogP contribution is 2.39. The summed E-state index contributed by atoms with van der Waals surface area (Å²) in [5.74, 6) is 2.51. The maximum atomic E-state index is 5.56. The van der Waals surface area contributed by atoms with E-state index in [-0.39, 0.29) is 0 Å². The minimum atomic E-state index is 0.512. The quantitative estimate of drug-likeness (QED) is 0.407. The number of hydrogen-bond donors (Lipinski definition) is 2. The highest BCUT2D eigenvalue weighted by atomic mass is 16.5. The fourth-order valence-electron chi connectivity index (χ4n) is 3.33. The van der Waals surface area contributed by atoms with E-state index in [4.69, 9.17) is 14.2 Å². The zero-order valence-electron chi connectivity index (χ0n) is 18.4. The maximum Gasteiger partial charge on any atom is 0.203 e. The monoisotopic (exact) mass is 423 g/mol. The van der Waals surface area contributed by atoms with E-state index in [1.165, 1.54) is 11.1 Å². The van der Waals surface area contributed by atoms with Crippen LogP contribution in [0.3, 0.4) is 0 Å². The number of ether oxygens (including phenoxy) is 3. The molecule has 0 bridgehead atoms. The Morgan fingerprint density at radius 2 is 1.58 bits per heavy atom. The van der Waals surface area contributed by atoms with E-state index in [2.05, 4.69) is 32.9 Å². The van der Waals surface area contributed by atoms with E-state index in [1.54, 1.807) is 34.6 Å². The molecule has 2 aromatic carbocycles. The van der Waals surface area contributed by atoms with Crippen LogP contribution in [0.5, 0.6) is 17.2 Å². The first-order chi connectivity index (χ1) is 15.2. The molecule has 0 atom stereocenters. The molecule has 0 amide bonds. The molecule has 1 aromatic heterocycles. The van der Waals surface area contributed by atoms with Gasteiger partial charge in [0.2, 0.25) is 5.75 Å². The maximum absolute atomic E-state index is 5.56. The average molecular weight is 424 g/mol. The number of hydrogen-bond acceptors (Lipinski definition) is 5. The summed E-state index contributed by atoms with van der Waals surface area (Å²) in [5.41, 5.74) is 3.32. The summed E-state index contributed by atoms with van der Waals surface area (Å²) in [5, 5.41) is 11.0. The van der Waals surface area contributed by atoms with Gasteiger partial charge in [-0.15, -0.1) is 0 Å². The second kappa shape index (κ2) is 10.9. The minimum Gasteiger partial charge on any atom is -0.493 e. The standard InChI is InChI=1S/C23H29N5O3/c1-24-23(26-15-18-10-11-20(29-2)22(31-4)21(18)30-3)25-14-17-8-5-6-9-19(17)16-28-13-7-12-27-28/h5-13H,14-16H2,1-4H3,(H2,24,25,26). The lowest BCUT2D eigenvalue weighted by Crippen LogP contribution is -2.36. The molecular formula is C23H29N5O3. The molecule has 2 N–H and O–H groups in total. The van der Waals surface area contributed by atoms with Crippen LogP contribution in [0, 0.1) is 0 Å². The Morgan fingerprint density at radius 3 is 2.19 bits per heavy atom. The number of methoxy groups -OCH3 is 3. The van der Waals surface area contributed by atoms with Crippen LogP contribution in [0.25, 0.3) is 0 Å². The minimum absolute atomic E-state index is 0.512. The smallest absolute Gasteiger partial charge is 0.203 e. The van der Waals surface area contributed by atoms with Gasteiger partial charge in [-0.2, -0.15) is 5.10 Å². The van der Waals surface area contributed by atoms with Gasteiger partial charge in [-0.25, -0.2) is 0 Å². The van der Waals surface area contributed by atoms with Crippen molar-refractivity contribution in [3.8, 4) is 17.2 Å². The van der Waals surface area contributed by atoms with Crippen molar-refractivity contribution in [2.75, 3.05) is 28.4 Å². The fourth-order valence-corrected chi connectivity index (χ4v) is 3.33. The van der Waals surface area contributed by atoms with E-state index in [1.807, 2.05) is 41.2 Å². The molecule has 3 aromatic rings. The van der Waals surface area contributed by atoms with E-state index in [0.29, 0.717) is 36.3 Å². The van der Waals surface area contributed by atoms with Gasteiger partial charge < -0.3 is 24.8 Å². The van der Waals surface area contributed by atoms with Crippen LogP contribution in [-0.4, -0.2) is 44.1 Å². The van der Waals surface area contributed by atoms with Crippen molar-refractivity contribution in [3.63, 3.8) is 0 Å². The van der Waals surface area contributed by atoms with Crippen molar-refractivity contribution in [3.05, 3.63) is 71.5 Å². The predicted octanol–water partition coefficient (Wildman–Crippen LogP) is 2.82. The molecule has 0 aliphatic rings. The lowest BCUT2D eigenvalue weighted by atomic mass is 10.1. The molecule has 0 unspecified atom stereocenters. The van der Waals surface area contributed by atoms with E-state index >= 15 is 0 Å². The van der Waals surface area contributed by atoms with E-state index in [9.17, 15) is 0 Å². The van der Waals surface area contributed by atoms with Crippen LogP contribution in [0.1, 0.15) is 16.7 Å². The zero-order chi connectivity index (χ0) is 22.1. The van der Waals surface area contributed by atoms with Crippen LogP contribution in [-0.2, 0) is 19.6 Å². The number of nitrogens with one attached hydrogen (secondary N) is 2. The Hall–Kier alpha value is -3.68. The second-order valence-corrected chi connectivity index (χ2v) is 6.75. The Labute approximate surface area is 182 Å². The third-order valence-corrected chi connectivity index (χ3v) is 4.91. The molecule has 0 fully saturated rings. The van der Waals surface area contributed by atoms with Crippen LogP contribution in [0.4, 0.5) is 0 Å². The fraction of sp³-hybridized carbons (Fsp3) is 0.304. The average Bonchev–Trinajstić information content (AvgIpc) is 3.32. The first kappa shape index (κ1) is 22.0. The van der Waals surface area contributed by atoms with Gasteiger partial charge in [-0.3, -0.25) is 9.67 Å². The number of guanidine groups is 1. The molecule has 0 saturated heterocycles. The number of aromatic nitrogens is 2. The topological polar surface area (TPSA) is 81.9 Å². The molecule has 0 radical (unpaired) electrons. The van der Waals surface area contributed by atoms with Crippen molar-refractivity contribution < 1.29 is 14.2 Å². The van der Waals surface area contributed by atoms with Crippen molar-refractivity contribution >= 4 is 5.96 Å². The molecule has 8 heteroatoms. The number of rotatable bonds is 9. The highest BCUT2D eigenvalue weighted by Gasteiger charge is 2.16. The van der Waals surface area contributed by atoms with Gasteiger partial charge in [0.25, 0.3) is 0 Å². The molecule has 0 aliphatic heterocycles. The molecule has 164 valence electrons. The molecule has 31 heavy (non-hydrogen) atoms. The first-order valence-corrected chi connectivity index (χ1v) is 9.96. The van der Waals surface area contributed by atoms with Crippen LogP contribution in [0.2, 0.25) is 0 Å². The molecular weight excluding hydrogens is 394 g/mol. The summed E-state index contributed by atoms with van der Waals surface area (Å²) < 4.78 is 18.3. The second-order valence-electron chi connectivity index (χ2n) is 6.75. The lowest BCUT2D eigenvalue weighted by Gasteiger charge is -2.18. The molecule has 8 nitrogen and oxygen atoms in total. The van der Waals surface area contributed by atoms with Gasteiger partial charge in [0, 0.05) is 38.1 Å². The normalized spacial score (nSPS) is 11.2. The number of benzene rings is 2. The summed E-state index contributed by atoms with van der Waals surface area (Å²) in [6.07, 6.45) is 3.75. The van der Waals surface area contributed by atoms with Gasteiger partial charge in [0.15, 0.2) is 17.5 Å². The molecule has 3 rings (SSSR count). The van der Waals surface area contributed by atoms with Crippen molar-refractivity contribution in [1.82, 2.24) is 20.4 Å². The first-order valence-electron chi connectivity index (χ1n) is 9.96. The molecule has 1 heterocycles. The van der Waals surface area contributed by atoms with Gasteiger partial charge in [0.05, 0.1) is 27.9 Å². The Balaban J connectivity index is 1.65. The van der Waals surface area contributed by atoms with Crippen molar-refractivity contribution in [2.24, 2.45) is 4.99 Å². The number of nitrogens with zero attached hydrogens (tertiary/aromatic N) is 3. The summed E-state index contributed by atoms with van der Waals surface area (Å²) in [4.78, 5) is 4.34. The lowest BCUT2D eigenvalue weighted by molar-refractivity contribution is 0.322. The third kappa shape index (κ3) is 5.48. The summed E-state index contributed by atoms with van der Waals surface area (Å²) in [7, 11) is 6.56. The zero-order valence-corrected chi connectivity index (χ0v) is 18.4. The van der Waals surface area contributed by atoms with Gasteiger partial charge in [0.1, 0.15) is 0 Å². The predicted molar refractivity (Wildman–Crippen MR) is 121 cm³/mol. The molecule has 0 aliphatic carbocycles. The van der Waals surface area contributed by atoms with E-state index < -0.39 is 0 Å².